The summed E-state index contributed by atoms with van der Waals surface area (Å²) in [7, 11) is -3.03. The quantitative estimate of drug-likeness (QED) is 0.785. The average Bonchev–Trinajstić information content (AvgIpc) is 2.75. The van der Waals surface area contributed by atoms with E-state index in [4.69, 9.17) is 0 Å². The van der Waals surface area contributed by atoms with E-state index >= 15 is 0 Å². The molecule has 0 bridgehead atoms. The monoisotopic (exact) mass is 303 g/mol. The van der Waals surface area contributed by atoms with E-state index in [1.165, 1.54) is 0 Å². The van der Waals surface area contributed by atoms with Gasteiger partial charge in [0.05, 0.1) is 10.5 Å². The molecule has 1 saturated heterocycles. The van der Waals surface area contributed by atoms with Gasteiger partial charge in [-0.2, -0.15) is 0 Å². The molecule has 4 heteroatoms. The molecule has 120 valence electrons. The predicted octanol–water partition coefficient (Wildman–Crippen LogP) is 3.25. The maximum atomic E-state index is 12.6. The molecular weight excluding hydrogens is 270 g/mol. The van der Waals surface area contributed by atoms with Crippen molar-refractivity contribution in [1.82, 2.24) is 5.32 Å². The summed E-state index contributed by atoms with van der Waals surface area (Å²) in [6, 6.07) is 0. The van der Waals surface area contributed by atoms with E-state index in [9.17, 15) is 8.42 Å². The molecule has 1 rings (SSSR count). The van der Waals surface area contributed by atoms with Gasteiger partial charge in [0.1, 0.15) is 0 Å². The Morgan fingerprint density at radius 3 is 2.05 bits per heavy atom. The van der Waals surface area contributed by atoms with E-state index in [1.807, 2.05) is 20.8 Å². The van der Waals surface area contributed by atoms with Gasteiger partial charge in [0.25, 0.3) is 0 Å². The standard InChI is InChI=1S/C16H33NO2S/c1-7-15(3,4)9-13-10-17-11-14(13)12-20(18,19)16(5,6)8-2/h13-14,17H,7-12H2,1-6H3. The fourth-order valence-electron chi connectivity index (χ4n) is 2.80. The van der Waals surface area contributed by atoms with Crippen LogP contribution in [-0.4, -0.2) is 32.0 Å². The van der Waals surface area contributed by atoms with Crippen molar-refractivity contribution in [2.45, 2.75) is 65.6 Å². The second-order valence-corrected chi connectivity index (χ2v) is 10.5. The fraction of sp³-hybridized carbons (Fsp3) is 1.00. The van der Waals surface area contributed by atoms with Crippen molar-refractivity contribution in [3.8, 4) is 0 Å². The van der Waals surface area contributed by atoms with Gasteiger partial charge in [-0.1, -0.05) is 34.1 Å². The molecule has 0 aromatic heterocycles. The zero-order chi connectivity index (χ0) is 15.6. The average molecular weight is 304 g/mol. The molecule has 1 aliphatic heterocycles. The van der Waals surface area contributed by atoms with E-state index in [0.717, 1.165) is 25.9 Å². The van der Waals surface area contributed by atoms with Crippen molar-refractivity contribution >= 4 is 9.84 Å². The largest absolute Gasteiger partial charge is 0.316 e. The number of hydrogen-bond acceptors (Lipinski definition) is 3. The van der Waals surface area contributed by atoms with Gasteiger partial charge in [-0.05, 0) is 57.0 Å². The smallest absolute Gasteiger partial charge is 0.155 e. The highest BCUT2D eigenvalue weighted by atomic mass is 32.2. The lowest BCUT2D eigenvalue weighted by molar-refractivity contribution is 0.240. The van der Waals surface area contributed by atoms with Gasteiger partial charge >= 0.3 is 0 Å². The third-order valence-electron chi connectivity index (χ3n) is 5.38. The van der Waals surface area contributed by atoms with E-state index in [2.05, 4.69) is 26.1 Å². The Balaban J connectivity index is 2.77. The molecule has 0 aromatic rings. The first-order valence-corrected chi connectivity index (χ1v) is 9.63. The van der Waals surface area contributed by atoms with Crippen molar-refractivity contribution in [1.29, 1.82) is 0 Å². The number of rotatable bonds is 7. The van der Waals surface area contributed by atoms with Crippen LogP contribution in [0.15, 0.2) is 0 Å². The minimum Gasteiger partial charge on any atom is -0.316 e. The zero-order valence-corrected chi connectivity index (χ0v) is 14.9. The first kappa shape index (κ1) is 18.0. The van der Waals surface area contributed by atoms with Gasteiger partial charge in [-0.25, -0.2) is 8.42 Å². The van der Waals surface area contributed by atoms with Crippen molar-refractivity contribution in [3.63, 3.8) is 0 Å². The summed E-state index contributed by atoms with van der Waals surface area (Å²) in [4.78, 5) is 0. The molecule has 0 radical (unpaired) electrons. The predicted molar refractivity (Wildman–Crippen MR) is 86.7 cm³/mol. The Hall–Kier alpha value is -0.0900. The summed E-state index contributed by atoms with van der Waals surface area (Å²) in [5.41, 5.74) is 0.305. The molecule has 0 saturated carbocycles. The number of hydrogen-bond donors (Lipinski definition) is 1. The van der Waals surface area contributed by atoms with E-state index in [-0.39, 0.29) is 5.92 Å². The second-order valence-electron chi connectivity index (χ2n) is 7.79. The summed E-state index contributed by atoms with van der Waals surface area (Å²) in [5.74, 6) is 1.11. The van der Waals surface area contributed by atoms with Gasteiger partial charge in [0.2, 0.25) is 0 Å². The van der Waals surface area contributed by atoms with Crippen LogP contribution in [0.3, 0.4) is 0 Å². The lowest BCUT2D eigenvalue weighted by Gasteiger charge is -2.31. The summed E-state index contributed by atoms with van der Waals surface area (Å²) in [6.45, 7) is 14.3. The van der Waals surface area contributed by atoms with E-state index in [1.54, 1.807) is 0 Å². The minimum atomic E-state index is -3.03. The normalized spacial score (nSPS) is 25.1. The molecule has 3 nitrogen and oxygen atoms in total. The van der Waals surface area contributed by atoms with E-state index < -0.39 is 14.6 Å². The first-order valence-electron chi connectivity index (χ1n) is 7.97. The Morgan fingerprint density at radius 1 is 1.00 bits per heavy atom. The van der Waals surface area contributed by atoms with Gasteiger partial charge in [0.15, 0.2) is 9.84 Å². The third-order valence-corrected chi connectivity index (χ3v) is 8.22. The van der Waals surface area contributed by atoms with Gasteiger partial charge in [-0.3, -0.25) is 0 Å². The van der Waals surface area contributed by atoms with Crippen LogP contribution in [0, 0.1) is 17.3 Å². The molecule has 1 heterocycles. The highest BCUT2D eigenvalue weighted by Crippen LogP contribution is 2.35. The minimum absolute atomic E-state index is 0.275. The Labute approximate surface area is 125 Å². The summed E-state index contributed by atoms with van der Waals surface area (Å²) >= 11 is 0. The SMILES string of the molecule is CCC(C)(C)CC1CNCC1CS(=O)(=O)C(C)(C)CC. The lowest BCUT2D eigenvalue weighted by atomic mass is 9.77. The topological polar surface area (TPSA) is 46.2 Å². The van der Waals surface area contributed by atoms with Crippen LogP contribution in [0.4, 0.5) is 0 Å². The van der Waals surface area contributed by atoms with Crippen LogP contribution < -0.4 is 5.32 Å². The second kappa shape index (κ2) is 6.35. The maximum Gasteiger partial charge on any atom is 0.155 e. The third kappa shape index (κ3) is 4.20. The van der Waals surface area contributed by atoms with Gasteiger partial charge in [0, 0.05) is 0 Å². The summed E-state index contributed by atoms with van der Waals surface area (Å²) < 4.78 is 24.6. The molecule has 0 aromatic carbocycles. The number of nitrogens with one attached hydrogen (secondary N) is 1. The lowest BCUT2D eigenvalue weighted by Crippen LogP contribution is -2.37. The number of sulfone groups is 1. The van der Waals surface area contributed by atoms with Crippen molar-refractivity contribution in [2.75, 3.05) is 18.8 Å². The summed E-state index contributed by atoms with van der Waals surface area (Å²) in [6.07, 6.45) is 2.94. The highest BCUT2D eigenvalue weighted by Gasteiger charge is 2.39. The van der Waals surface area contributed by atoms with E-state index in [0.29, 0.717) is 23.5 Å². The maximum absolute atomic E-state index is 12.6. The van der Waals surface area contributed by atoms with Gasteiger partial charge in [-0.15, -0.1) is 0 Å². The zero-order valence-electron chi connectivity index (χ0n) is 14.1. The molecule has 2 unspecified atom stereocenters. The molecular formula is C16H33NO2S. The molecule has 1 N–H and O–H groups in total. The van der Waals surface area contributed by atoms with Crippen LogP contribution in [0.2, 0.25) is 0 Å². The van der Waals surface area contributed by atoms with Crippen molar-refractivity contribution in [2.24, 2.45) is 17.3 Å². The van der Waals surface area contributed by atoms with Crippen molar-refractivity contribution in [3.05, 3.63) is 0 Å². The van der Waals surface area contributed by atoms with Crippen LogP contribution in [-0.2, 0) is 9.84 Å². The summed E-state index contributed by atoms with van der Waals surface area (Å²) in [5, 5.41) is 3.40. The van der Waals surface area contributed by atoms with Crippen molar-refractivity contribution < 1.29 is 8.42 Å². The molecule has 1 fully saturated rings. The molecule has 20 heavy (non-hydrogen) atoms. The molecule has 0 spiro atoms. The molecule has 1 aliphatic rings. The fourth-order valence-corrected chi connectivity index (χ4v) is 4.65. The van der Waals surface area contributed by atoms with Crippen LogP contribution in [0.5, 0.6) is 0 Å². The van der Waals surface area contributed by atoms with Gasteiger partial charge < -0.3 is 5.32 Å². The molecule has 0 amide bonds. The Morgan fingerprint density at radius 2 is 1.55 bits per heavy atom. The molecule has 2 atom stereocenters. The Kier molecular flexibility index (Phi) is 5.70. The first-order chi connectivity index (χ1) is 9.04. The Bertz CT molecular complexity index is 412. The molecule has 0 aliphatic carbocycles. The van der Waals surface area contributed by atoms with Crippen LogP contribution >= 0.6 is 0 Å². The van der Waals surface area contributed by atoms with Crippen LogP contribution in [0.1, 0.15) is 60.8 Å². The van der Waals surface area contributed by atoms with Crippen LogP contribution in [0.25, 0.3) is 0 Å². The highest BCUT2D eigenvalue weighted by molar-refractivity contribution is 7.92.